The van der Waals surface area contributed by atoms with Crippen LogP contribution < -0.4 is 29.6 Å². The summed E-state index contributed by atoms with van der Waals surface area (Å²) in [5.74, 6) is 2.94. The lowest BCUT2D eigenvalue weighted by Gasteiger charge is -2.20. The van der Waals surface area contributed by atoms with Crippen molar-refractivity contribution in [2.75, 3.05) is 18.9 Å². The fourth-order valence-electron chi connectivity index (χ4n) is 3.87. The van der Waals surface area contributed by atoms with Gasteiger partial charge in [0.1, 0.15) is 0 Å². The zero-order chi connectivity index (χ0) is 21.9. The smallest absolute Gasteiger partial charge is 0.319 e. The van der Waals surface area contributed by atoms with E-state index in [1.54, 1.807) is 0 Å². The van der Waals surface area contributed by atoms with Crippen molar-refractivity contribution in [2.45, 2.75) is 25.8 Å². The Morgan fingerprint density at radius 1 is 0.781 bits per heavy atom. The Kier molecular flexibility index (Phi) is 5.46. The van der Waals surface area contributed by atoms with Crippen molar-refractivity contribution in [2.24, 2.45) is 0 Å². The molecule has 0 aromatic heterocycles. The molecule has 2 N–H and O–H groups in total. The van der Waals surface area contributed by atoms with Gasteiger partial charge < -0.3 is 29.6 Å². The van der Waals surface area contributed by atoms with Crippen LogP contribution in [-0.4, -0.2) is 25.7 Å². The van der Waals surface area contributed by atoms with Crippen molar-refractivity contribution in [1.82, 2.24) is 5.32 Å². The van der Waals surface area contributed by atoms with Gasteiger partial charge in [-0.1, -0.05) is 29.8 Å². The van der Waals surface area contributed by atoms with E-state index < -0.39 is 0 Å². The summed E-state index contributed by atoms with van der Waals surface area (Å²) in [5, 5.41) is 6.03. The maximum atomic E-state index is 12.8. The summed E-state index contributed by atoms with van der Waals surface area (Å²) in [4.78, 5) is 12.8. The number of rotatable bonds is 6. The van der Waals surface area contributed by atoms with Gasteiger partial charge in [-0.3, -0.25) is 0 Å². The minimum absolute atomic E-state index is 0.152. The molecule has 2 amide bonds. The number of anilines is 1. The number of urea groups is 1. The van der Waals surface area contributed by atoms with Crippen LogP contribution in [0.1, 0.15) is 16.7 Å². The van der Waals surface area contributed by atoms with E-state index in [0.29, 0.717) is 12.8 Å². The molecule has 2 aliphatic heterocycles. The summed E-state index contributed by atoms with van der Waals surface area (Å²) < 4.78 is 21.8. The van der Waals surface area contributed by atoms with Crippen molar-refractivity contribution in [3.63, 3.8) is 0 Å². The van der Waals surface area contributed by atoms with Gasteiger partial charge in [-0.2, -0.15) is 0 Å². The van der Waals surface area contributed by atoms with Gasteiger partial charge in [-0.15, -0.1) is 0 Å². The summed E-state index contributed by atoms with van der Waals surface area (Å²) in [7, 11) is 0. The summed E-state index contributed by atoms with van der Waals surface area (Å²) in [5.41, 5.74) is 3.99. The second-order valence-corrected chi connectivity index (χ2v) is 7.94. The van der Waals surface area contributed by atoms with Crippen LogP contribution in [0.4, 0.5) is 10.5 Å². The van der Waals surface area contributed by atoms with E-state index in [4.69, 9.17) is 18.9 Å². The van der Waals surface area contributed by atoms with Crippen molar-refractivity contribution < 1.29 is 23.7 Å². The summed E-state index contributed by atoms with van der Waals surface area (Å²) in [6, 6.07) is 19.0. The SMILES string of the molecule is Cc1ccc(NC(=O)NC(Cc2ccc3c(c2)OCO3)Cc2ccc3c(c2)OCO3)cc1. The van der Waals surface area contributed by atoms with E-state index in [0.717, 1.165) is 45.4 Å². The predicted molar refractivity (Wildman–Crippen MR) is 120 cm³/mol. The van der Waals surface area contributed by atoms with Gasteiger partial charge in [0, 0.05) is 11.7 Å². The third kappa shape index (κ3) is 4.56. The summed E-state index contributed by atoms with van der Waals surface area (Å²) >= 11 is 0. The van der Waals surface area contributed by atoms with Gasteiger partial charge in [0.25, 0.3) is 0 Å². The van der Waals surface area contributed by atoms with Gasteiger partial charge in [-0.05, 0) is 67.3 Å². The Balaban J connectivity index is 1.32. The first-order valence-corrected chi connectivity index (χ1v) is 10.5. The number of fused-ring (bicyclic) bond motifs is 2. The predicted octanol–water partition coefficient (Wildman–Crippen LogP) is 4.43. The molecule has 0 spiro atoms. The van der Waals surface area contributed by atoms with Crippen molar-refractivity contribution in [3.8, 4) is 23.0 Å². The summed E-state index contributed by atoms with van der Waals surface area (Å²) in [6.45, 7) is 2.48. The second-order valence-electron chi connectivity index (χ2n) is 7.94. The lowest BCUT2D eigenvalue weighted by molar-refractivity contribution is 0.173. The first-order valence-electron chi connectivity index (χ1n) is 10.5. The molecule has 32 heavy (non-hydrogen) atoms. The van der Waals surface area contributed by atoms with Crippen molar-refractivity contribution in [3.05, 3.63) is 77.4 Å². The highest BCUT2D eigenvalue weighted by molar-refractivity contribution is 5.89. The maximum Gasteiger partial charge on any atom is 0.319 e. The minimum Gasteiger partial charge on any atom is -0.454 e. The molecule has 2 aliphatic rings. The molecule has 0 aliphatic carbocycles. The van der Waals surface area contributed by atoms with Crippen LogP contribution in [0.3, 0.4) is 0 Å². The van der Waals surface area contributed by atoms with Crippen LogP contribution in [-0.2, 0) is 12.8 Å². The Morgan fingerprint density at radius 3 is 1.88 bits per heavy atom. The molecule has 7 heteroatoms. The number of nitrogens with one attached hydrogen (secondary N) is 2. The Bertz CT molecular complexity index is 1070. The molecule has 0 radical (unpaired) electrons. The summed E-state index contributed by atoms with van der Waals surface area (Å²) in [6.07, 6.45) is 1.26. The molecule has 3 aromatic rings. The maximum absolute atomic E-state index is 12.8. The Labute approximate surface area is 186 Å². The molecule has 0 fully saturated rings. The third-order valence-corrected chi connectivity index (χ3v) is 5.48. The van der Waals surface area contributed by atoms with Crippen LogP contribution in [0.2, 0.25) is 0 Å². The van der Waals surface area contributed by atoms with E-state index in [2.05, 4.69) is 10.6 Å². The van der Waals surface area contributed by atoms with Gasteiger partial charge in [0.05, 0.1) is 0 Å². The monoisotopic (exact) mass is 432 g/mol. The normalized spacial score (nSPS) is 13.3. The number of amides is 2. The average molecular weight is 432 g/mol. The topological polar surface area (TPSA) is 78.1 Å². The second kappa shape index (κ2) is 8.70. The standard InChI is InChI=1S/C25H24N2O5/c1-16-2-6-19(7-3-16)26-25(28)27-20(10-17-4-8-21-23(12-17)31-14-29-21)11-18-5-9-22-24(13-18)32-15-30-22/h2-9,12-13,20H,10-11,14-15H2,1H3,(H2,26,27,28). The van der Waals surface area contributed by atoms with Crippen LogP contribution in [0, 0.1) is 6.92 Å². The number of aryl methyl sites for hydroxylation is 1. The van der Waals surface area contributed by atoms with Crippen LogP contribution >= 0.6 is 0 Å². The number of benzene rings is 3. The van der Waals surface area contributed by atoms with E-state index in [-0.39, 0.29) is 25.7 Å². The molecule has 0 bridgehead atoms. The van der Waals surface area contributed by atoms with E-state index in [9.17, 15) is 4.79 Å². The molecular weight excluding hydrogens is 408 g/mol. The Morgan fingerprint density at radius 2 is 1.31 bits per heavy atom. The molecule has 164 valence electrons. The molecule has 0 saturated heterocycles. The first kappa shape index (κ1) is 20.1. The fourth-order valence-corrected chi connectivity index (χ4v) is 3.87. The molecule has 0 atom stereocenters. The number of carbonyl (C=O) groups excluding carboxylic acids is 1. The van der Waals surface area contributed by atoms with E-state index in [1.807, 2.05) is 67.6 Å². The number of ether oxygens (including phenoxy) is 4. The highest BCUT2D eigenvalue weighted by Gasteiger charge is 2.20. The van der Waals surface area contributed by atoms with Crippen molar-refractivity contribution >= 4 is 11.7 Å². The molecule has 0 saturated carbocycles. The highest BCUT2D eigenvalue weighted by atomic mass is 16.7. The van der Waals surface area contributed by atoms with E-state index >= 15 is 0 Å². The number of carbonyl (C=O) groups is 1. The van der Waals surface area contributed by atoms with E-state index in [1.165, 1.54) is 0 Å². The zero-order valence-electron chi connectivity index (χ0n) is 17.7. The molecule has 0 unspecified atom stereocenters. The fraction of sp³-hybridized carbons (Fsp3) is 0.240. The number of hydrogen-bond acceptors (Lipinski definition) is 5. The zero-order valence-corrected chi connectivity index (χ0v) is 17.7. The minimum atomic E-state index is -0.250. The average Bonchev–Trinajstić information content (AvgIpc) is 3.43. The van der Waals surface area contributed by atoms with Crippen LogP contribution in [0.5, 0.6) is 23.0 Å². The lowest BCUT2D eigenvalue weighted by atomic mass is 9.98. The highest BCUT2D eigenvalue weighted by Crippen LogP contribution is 2.34. The third-order valence-electron chi connectivity index (χ3n) is 5.48. The largest absolute Gasteiger partial charge is 0.454 e. The molecule has 5 rings (SSSR count). The number of hydrogen-bond donors (Lipinski definition) is 2. The molecule has 2 heterocycles. The molecule has 3 aromatic carbocycles. The van der Waals surface area contributed by atoms with Crippen LogP contribution in [0.25, 0.3) is 0 Å². The van der Waals surface area contributed by atoms with Crippen molar-refractivity contribution in [1.29, 1.82) is 0 Å². The molecule has 7 nitrogen and oxygen atoms in total. The quantitative estimate of drug-likeness (QED) is 0.603. The van der Waals surface area contributed by atoms with Gasteiger partial charge in [0.15, 0.2) is 23.0 Å². The van der Waals surface area contributed by atoms with Gasteiger partial charge >= 0.3 is 6.03 Å². The molecular formula is C25H24N2O5. The van der Waals surface area contributed by atoms with Gasteiger partial charge in [0.2, 0.25) is 13.6 Å². The Hall–Kier alpha value is -3.87. The lowest BCUT2D eigenvalue weighted by Crippen LogP contribution is -2.40. The first-order chi connectivity index (χ1) is 15.6. The van der Waals surface area contributed by atoms with Crippen LogP contribution in [0.15, 0.2) is 60.7 Å². The van der Waals surface area contributed by atoms with Gasteiger partial charge in [-0.25, -0.2) is 4.79 Å².